The monoisotopic (exact) mass is 192 g/mol. The Labute approximate surface area is 75.6 Å². The number of hydrogen-bond acceptors (Lipinski definition) is 3. The Morgan fingerprint density at radius 1 is 1.42 bits per heavy atom. The van der Waals surface area contributed by atoms with Crippen LogP contribution in [0.5, 0.6) is 0 Å². The van der Waals surface area contributed by atoms with E-state index in [1.54, 1.807) is 13.3 Å². The average molecular weight is 192 g/mol. The molecule has 72 valence electrons. The lowest BCUT2D eigenvalue weighted by molar-refractivity contribution is -0.120. The normalized spacial score (nSPS) is 12.5. The van der Waals surface area contributed by atoms with Crippen molar-refractivity contribution < 1.29 is 9.00 Å². The van der Waals surface area contributed by atoms with E-state index in [1.807, 2.05) is 0 Å². The van der Waals surface area contributed by atoms with E-state index in [9.17, 15) is 9.00 Å². The van der Waals surface area contributed by atoms with Gasteiger partial charge in [-0.15, -0.1) is 0 Å². The molecule has 0 aliphatic heterocycles. The Bertz CT molecular complexity index is 161. The number of carbonyl (C=O) groups is 1. The highest BCUT2D eigenvalue weighted by molar-refractivity contribution is 7.84. The zero-order valence-electron chi connectivity index (χ0n) is 7.55. The van der Waals surface area contributed by atoms with Crippen LogP contribution in [-0.2, 0) is 15.6 Å². The predicted molar refractivity (Wildman–Crippen MR) is 50.5 cm³/mol. The van der Waals surface area contributed by atoms with Gasteiger partial charge in [-0.25, -0.2) is 0 Å². The number of nitrogens with one attached hydrogen (secondary N) is 2. The van der Waals surface area contributed by atoms with E-state index in [4.69, 9.17) is 0 Å². The highest BCUT2D eigenvalue weighted by Crippen LogP contribution is 1.76. The number of hydrogen-bond donors (Lipinski definition) is 2. The minimum absolute atomic E-state index is 0.0279. The maximum Gasteiger partial charge on any atom is 0.221 e. The lowest BCUT2D eigenvalue weighted by Crippen LogP contribution is -2.27. The van der Waals surface area contributed by atoms with Crippen molar-refractivity contribution in [1.29, 1.82) is 0 Å². The average Bonchev–Trinajstić information content (AvgIpc) is 2.03. The molecule has 4 nitrogen and oxygen atoms in total. The van der Waals surface area contributed by atoms with Crippen molar-refractivity contribution >= 4 is 16.7 Å². The topological polar surface area (TPSA) is 58.2 Å². The summed E-state index contributed by atoms with van der Waals surface area (Å²) >= 11 is 0. The van der Waals surface area contributed by atoms with Crippen LogP contribution in [0.15, 0.2) is 0 Å². The zero-order chi connectivity index (χ0) is 9.40. The molecule has 0 bridgehead atoms. The molecule has 1 unspecified atom stereocenters. The second-order valence-corrected chi connectivity index (χ2v) is 4.01. The van der Waals surface area contributed by atoms with Gasteiger partial charge in [0.2, 0.25) is 5.91 Å². The Balaban J connectivity index is 3.11. The molecule has 12 heavy (non-hydrogen) atoms. The van der Waals surface area contributed by atoms with Crippen LogP contribution in [0, 0.1) is 0 Å². The summed E-state index contributed by atoms with van der Waals surface area (Å²) in [5, 5.41) is 5.55. The minimum Gasteiger partial charge on any atom is -0.359 e. The first-order valence-electron chi connectivity index (χ1n) is 3.88. The lowest BCUT2D eigenvalue weighted by Gasteiger charge is -2.01. The fourth-order valence-electron chi connectivity index (χ4n) is 0.668. The molecule has 0 saturated carbocycles. The number of carbonyl (C=O) groups excluding carboxylic acids is 1. The first-order chi connectivity index (χ1) is 5.66. The van der Waals surface area contributed by atoms with E-state index in [0.29, 0.717) is 25.3 Å². The summed E-state index contributed by atoms with van der Waals surface area (Å²) < 4.78 is 10.6. The van der Waals surface area contributed by atoms with Gasteiger partial charge in [0.05, 0.1) is 0 Å². The van der Waals surface area contributed by atoms with Gasteiger partial charge in [-0.3, -0.25) is 9.00 Å². The molecule has 0 aliphatic carbocycles. The van der Waals surface area contributed by atoms with Crippen molar-refractivity contribution in [3.8, 4) is 0 Å². The van der Waals surface area contributed by atoms with Crippen molar-refractivity contribution in [2.24, 2.45) is 0 Å². The highest BCUT2D eigenvalue weighted by atomic mass is 32.2. The van der Waals surface area contributed by atoms with Crippen molar-refractivity contribution in [1.82, 2.24) is 10.6 Å². The zero-order valence-corrected chi connectivity index (χ0v) is 8.37. The molecular weight excluding hydrogens is 176 g/mol. The van der Waals surface area contributed by atoms with E-state index < -0.39 is 10.8 Å². The fourth-order valence-corrected chi connectivity index (χ4v) is 1.10. The molecule has 0 fully saturated rings. The van der Waals surface area contributed by atoms with Crippen LogP contribution < -0.4 is 10.6 Å². The van der Waals surface area contributed by atoms with E-state index in [0.717, 1.165) is 0 Å². The molecule has 0 heterocycles. The van der Waals surface area contributed by atoms with Crippen molar-refractivity contribution in [2.45, 2.75) is 6.42 Å². The van der Waals surface area contributed by atoms with Crippen LogP contribution in [0.1, 0.15) is 6.42 Å². The lowest BCUT2D eigenvalue weighted by atomic mass is 10.4. The van der Waals surface area contributed by atoms with Gasteiger partial charge in [-0.1, -0.05) is 0 Å². The molecule has 2 N–H and O–H groups in total. The SMILES string of the molecule is CNC(=O)CCNCCS(C)=O. The van der Waals surface area contributed by atoms with Gasteiger partial charge < -0.3 is 10.6 Å². The van der Waals surface area contributed by atoms with Crippen LogP contribution in [0.2, 0.25) is 0 Å². The van der Waals surface area contributed by atoms with Crippen molar-refractivity contribution in [3.05, 3.63) is 0 Å². The van der Waals surface area contributed by atoms with Crippen LogP contribution in [0.3, 0.4) is 0 Å². The Morgan fingerprint density at radius 3 is 2.58 bits per heavy atom. The molecule has 0 aromatic rings. The van der Waals surface area contributed by atoms with E-state index in [-0.39, 0.29) is 5.91 Å². The molecule has 0 aromatic carbocycles. The third-order valence-electron chi connectivity index (χ3n) is 1.37. The second-order valence-electron chi connectivity index (χ2n) is 2.45. The molecule has 0 saturated heterocycles. The molecule has 1 amide bonds. The molecule has 0 radical (unpaired) electrons. The molecule has 0 aliphatic rings. The third kappa shape index (κ3) is 7.68. The summed E-state index contributed by atoms with van der Waals surface area (Å²) in [7, 11) is 0.870. The summed E-state index contributed by atoms with van der Waals surface area (Å²) in [6.07, 6.45) is 2.15. The standard InChI is InChI=1S/C7H16N2O2S/c1-8-7(10)3-4-9-5-6-12(2)11/h9H,3-6H2,1-2H3,(H,8,10). The van der Waals surface area contributed by atoms with E-state index in [2.05, 4.69) is 10.6 Å². The summed E-state index contributed by atoms with van der Waals surface area (Å²) in [4.78, 5) is 10.7. The molecule has 5 heteroatoms. The van der Waals surface area contributed by atoms with Gasteiger partial charge in [-0.05, 0) is 0 Å². The van der Waals surface area contributed by atoms with Crippen LogP contribution >= 0.6 is 0 Å². The van der Waals surface area contributed by atoms with Gasteiger partial charge in [0.15, 0.2) is 0 Å². The van der Waals surface area contributed by atoms with Crippen LogP contribution in [-0.4, -0.2) is 42.3 Å². The molecular formula is C7H16N2O2S. The van der Waals surface area contributed by atoms with E-state index in [1.165, 1.54) is 0 Å². The van der Waals surface area contributed by atoms with E-state index >= 15 is 0 Å². The predicted octanol–water partition coefficient (Wildman–Crippen LogP) is -0.909. The van der Waals surface area contributed by atoms with Crippen LogP contribution in [0.4, 0.5) is 0 Å². The fraction of sp³-hybridized carbons (Fsp3) is 0.857. The minimum atomic E-state index is -0.745. The van der Waals surface area contributed by atoms with Gasteiger partial charge >= 0.3 is 0 Å². The Kier molecular flexibility index (Phi) is 6.99. The van der Waals surface area contributed by atoms with Gasteiger partial charge in [-0.2, -0.15) is 0 Å². The van der Waals surface area contributed by atoms with Gasteiger partial charge in [0.25, 0.3) is 0 Å². The summed E-state index contributed by atoms with van der Waals surface area (Å²) in [5.74, 6) is 0.674. The maximum absolute atomic E-state index is 10.7. The largest absolute Gasteiger partial charge is 0.359 e. The van der Waals surface area contributed by atoms with Crippen molar-refractivity contribution in [2.75, 3.05) is 32.1 Å². The van der Waals surface area contributed by atoms with Gasteiger partial charge in [0.1, 0.15) is 0 Å². The number of amides is 1. The third-order valence-corrected chi connectivity index (χ3v) is 2.15. The summed E-state index contributed by atoms with van der Waals surface area (Å²) in [6.45, 7) is 1.36. The first-order valence-corrected chi connectivity index (χ1v) is 5.61. The molecule has 0 aromatic heterocycles. The highest BCUT2D eigenvalue weighted by Gasteiger charge is 1.96. The van der Waals surface area contributed by atoms with Gasteiger partial charge in [0, 0.05) is 49.4 Å². The van der Waals surface area contributed by atoms with Crippen molar-refractivity contribution in [3.63, 3.8) is 0 Å². The quantitative estimate of drug-likeness (QED) is 0.536. The second kappa shape index (κ2) is 7.24. The Hall–Kier alpha value is -0.420. The first kappa shape index (κ1) is 11.6. The smallest absolute Gasteiger partial charge is 0.221 e. The van der Waals surface area contributed by atoms with Crippen LogP contribution in [0.25, 0.3) is 0 Å². The maximum atomic E-state index is 10.7. The summed E-state index contributed by atoms with van der Waals surface area (Å²) in [5.41, 5.74) is 0. The molecule has 0 rings (SSSR count). The summed E-state index contributed by atoms with van der Waals surface area (Å²) in [6, 6.07) is 0. The molecule has 1 atom stereocenters. The molecule has 0 spiro atoms. The Morgan fingerprint density at radius 2 is 2.08 bits per heavy atom. The number of rotatable bonds is 6.